The van der Waals surface area contributed by atoms with E-state index in [2.05, 4.69) is 0 Å². The Balaban J connectivity index is 2.58. The molecule has 92 valence electrons. The van der Waals surface area contributed by atoms with Crippen LogP contribution in [0.15, 0.2) is 36.4 Å². The van der Waals surface area contributed by atoms with E-state index in [0.717, 1.165) is 18.2 Å². The average molecular weight is 287 g/mol. The highest BCUT2D eigenvalue weighted by Crippen LogP contribution is 2.26. The molecule has 0 fully saturated rings. The molecule has 0 heterocycles. The molecule has 5 heteroatoms. The van der Waals surface area contributed by atoms with Gasteiger partial charge in [-0.1, -0.05) is 29.3 Å². The minimum atomic E-state index is -0.771. The second-order valence-corrected chi connectivity index (χ2v) is 4.36. The number of carbonyl (C=O) groups is 1. The molecular weight excluding hydrogens is 281 g/mol. The van der Waals surface area contributed by atoms with Crippen LogP contribution in [0.2, 0.25) is 10.0 Å². The molecule has 0 aliphatic heterocycles. The lowest BCUT2D eigenvalue weighted by Crippen LogP contribution is -2.06. The summed E-state index contributed by atoms with van der Waals surface area (Å²) in [5.41, 5.74) is -0.435. The van der Waals surface area contributed by atoms with Gasteiger partial charge < -0.3 is 0 Å². The van der Waals surface area contributed by atoms with Crippen molar-refractivity contribution in [3.05, 3.63) is 69.2 Å². The summed E-state index contributed by atoms with van der Waals surface area (Å²) in [5.74, 6) is -2.15. The predicted molar refractivity (Wildman–Crippen MR) is 66.3 cm³/mol. The van der Waals surface area contributed by atoms with E-state index in [9.17, 15) is 13.6 Å². The third-order valence-electron chi connectivity index (χ3n) is 2.36. The Morgan fingerprint density at radius 1 is 1.00 bits per heavy atom. The fourth-order valence-electron chi connectivity index (χ4n) is 1.52. The lowest BCUT2D eigenvalue weighted by Gasteiger charge is -2.06. The first-order valence-corrected chi connectivity index (χ1v) is 5.70. The third-order valence-corrected chi connectivity index (χ3v) is 3.01. The quantitative estimate of drug-likeness (QED) is 0.743. The van der Waals surface area contributed by atoms with E-state index in [-0.39, 0.29) is 21.2 Å². The van der Waals surface area contributed by atoms with Gasteiger partial charge in [0.1, 0.15) is 11.6 Å². The number of hydrogen-bond acceptors (Lipinski definition) is 1. The maximum atomic E-state index is 13.6. The van der Waals surface area contributed by atoms with Crippen LogP contribution in [0.1, 0.15) is 15.9 Å². The highest BCUT2D eigenvalue weighted by atomic mass is 35.5. The van der Waals surface area contributed by atoms with Gasteiger partial charge in [-0.05, 0) is 30.3 Å². The molecule has 0 spiro atoms. The zero-order valence-corrected chi connectivity index (χ0v) is 10.4. The number of rotatable bonds is 2. The Morgan fingerprint density at radius 3 is 2.39 bits per heavy atom. The van der Waals surface area contributed by atoms with E-state index in [0.29, 0.717) is 0 Å². The van der Waals surface area contributed by atoms with Crippen molar-refractivity contribution in [3.8, 4) is 0 Å². The van der Waals surface area contributed by atoms with Gasteiger partial charge in [0.2, 0.25) is 0 Å². The van der Waals surface area contributed by atoms with Gasteiger partial charge in [0.15, 0.2) is 5.78 Å². The van der Waals surface area contributed by atoms with Crippen molar-refractivity contribution < 1.29 is 13.6 Å². The third kappa shape index (κ3) is 2.37. The lowest BCUT2D eigenvalue weighted by molar-refractivity contribution is 0.103. The Bertz CT molecular complexity index is 606. The Morgan fingerprint density at radius 2 is 1.72 bits per heavy atom. The largest absolute Gasteiger partial charge is 0.288 e. The monoisotopic (exact) mass is 286 g/mol. The van der Waals surface area contributed by atoms with Crippen molar-refractivity contribution in [1.82, 2.24) is 0 Å². The van der Waals surface area contributed by atoms with E-state index in [1.165, 1.54) is 18.2 Å². The lowest BCUT2D eigenvalue weighted by atomic mass is 10.0. The summed E-state index contributed by atoms with van der Waals surface area (Å²) < 4.78 is 26.7. The second kappa shape index (κ2) is 5.04. The van der Waals surface area contributed by atoms with E-state index < -0.39 is 17.4 Å². The van der Waals surface area contributed by atoms with Crippen LogP contribution in [0.25, 0.3) is 0 Å². The first-order chi connectivity index (χ1) is 8.50. The van der Waals surface area contributed by atoms with Gasteiger partial charge in [-0.25, -0.2) is 8.78 Å². The summed E-state index contributed by atoms with van der Waals surface area (Å²) in [6.07, 6.45) is 0. The van der Waals surface area contributed by atoms with E-state index in [1.54, 1.807) is 0 Å². The van der Waals surface area contributed by atoms with Crippen LogP contribution in [0.5, 0.6) is 0 Å². The van der Waals surface area contributed by atoms with Crippen LogP contribution >= 0.6 is 23.2 Å². The molecule has 0 saturated carbocycles. The highest BCUT2D eigenvalue weighted by Gasteiger charge is 2.20. The smallest absolute Gasteiger partial charge is 0.199 e. The Labute approximate surface area is 112 Å². The van der Waals surface area contributed by atoms with E-state index in [1.807, 2.05) is 0 Å². The van der Waals surface area contributed by atoms with Crippen LogP contribution in [0.3, 0.4) is 0 Å². The van der Waals surface area contributed by atoms with Crippen LogP contribution in [0, 0.1) is 11.6 Å². The second-order valence-electron chi connectivity index (χ2n) is 3.55. The molecule has 0 aromatic heterocycles. The number of benzene rings is 2. The molecule has 0 radical (unpaired) electrons. The minimum absolute atomic E-state index is 0.0414. The zero-order valence-electron chi connectivity index (χ0n) is 8.88. The summed E-state index contributed by atoms with van der Waals surface area (Å²) in [7, 11) is 0. The average Bonchev–Trinajstić information content (AvgIpc) is 2.32. The number of carbonyl (C=O) groups excluding carboxylic acids is 1. The molecule has 2 rings (SSSR count). The zero-order chi connectivity index (χ0) is 13.3. The minimum Gasteiger partial charge on any atom is -0.288 e. The number of ketones is 1. The summed E-state index contributed by atoms with van der Waals surface area (Å²) in [5, 5.41) is 0.000970. The molecule has 1 nitrogen and oxygen atoms in total. The molecular formula is C13H6Cl2F2O. The summed E-state index contributed by atoms with van der Waals surface area (Å²) in [6.45, 7) is 0. The molecule has 18 heavy (non-hydrogen) atoms. The molecule has 0 saturated heterocycles. The van der Waals surface area contributed by atoms with Gasteiger partial charge in [-0.2, -0.15) is 0 Å². The molecule has 0 amide bonds. The van der Waals surface area contributed by atoms with Gasteiger partial charge in [-0.3, -0.25) is 4.79 Å². The van der Waals surface area contributed by atoms with Crippen molar-refractivity contribution >= 4 is 29.0 Å². The normalized spacial score (nSPS) is 10.4. The maximum Gasteiger partial charge on any atom is 0.199 e. The van der Waals surface area contributed by atoms with Crippen molar-refractivity contribution in [2.24, 2.45) is 0 Å². The van der Waals surface area contributed by atoms with Gasteiger partial charge in [0.05, 0.1) is 15.6 Å². The van der Waals surface area contributed by atoms with Crippen molar-refractivity contribution in [1.29, 1.82) is 0 Å². The molecule has 0 aliphatic carbocycles. The molecule has 0 unspecified atom stereocenters. The predicted octanol–water partition coefficient (Wildman–Crippen LogP) is 4.50. The molecule has 0 atom stereocenters. The molecule has 0 bridgehead atoms. The summed E-state index contributed by atoms with van der Waals surface area (Å²) in [6, 6.07) is 7.16. The number of halogens is 4. The van der Waals surface area contributed by atoms with Crippen LogP contribution in [0.4, 0.5) is 8.78 Å². The fraction of sp³-hybridized carbons (Fsp3) is 0. The highest BCUT2D eigenvalue weighted by molar-refractivity contribution is 6.38. The van der Waals surface area contributed by atoms with Crippen molar-refractivity contribution in [2.45, 2.75) is 0 Å². The van der Waals surface area contributed by atoms with Crippen molar-refractivity contribution in [2.75, 3.05) is 0 Å². The first-order valence-electron chi connectivity index (χ1n) is 4.94. The fourth-order valence-corrected chi connectivity index (χ4v) is 1.97. The first kappa shape index (κ1) is 13.0. The van der Waals surface area contributed by atoms with Gasteiger partial charge in [0.25, 0.3) is 0 Å². The van der Waals surface area contributed by atoms with Crippen molar-refractivity contribution in [3.63, 3.8) is 0 Å². The topological polar surface area (TPSA) is 17.1 Å². The molecule has 0 N–H and O–H groups in total. The van der Waals surface area contributed by atoms with Crippen LogP contribution in [-0.2, 0) is 0 Å². The molecule has 2 aromatic carbocycles. The van der Waals surface area contributed by atoms with E-state index >= 15 is 0 Å². The summed E-state index contributed by atoms with van der Waals surface area (Å²) >= 11 is 11.6. The maximum absolute atomic E-state index is 13.6. The molecule has 2 aromatic rings. The summed E-state index contributed by atoms with van der Waals surface area (Å²) in [4.78, 5) is 12.1. The standard InChI is InChI=1S/C13H6Cl2F2O/c14-9-5-4-7(16)6-8(9)13(18)12-10(15)2-1-3-11(12)17/h1-6H. The SMILES string of the molecule is O=C(c1cc(F)ccc1Cl)c1c(F)cccc1Cl. The molecule has 0 aliphatic rings. The van der Waals surface area contributed by atoms with Crippen LogP contribution < -0.4 is 0 Å². The van der Waals surface area contributed by atoms with Gasteiger partial charge in [-0.15, -0.1) is 0 Å². The Hall–Kier alpha value is -1.45. The van der Waals surface area contributed by atoms with E-state index in [4.69, 9.17) is 23.2 Å². The number of hydrogen-bond donors (Lipinski definition) is 0. The Kier molecular flexibility index (Phi) is 3.64. The van der Waals surface area contributed by atoms with Crippen LogP contribution in [-0.4, -0.2) is 5.78 Å². The van der Waals surface area contributed by atoms with Gasteiger partial charge in [0, 0.05) is 5.56 Å². The van der Waals surface area contributed by atoms with Gasteiger partial charge >= 0.3 is 0 Å².